The van der Waals surface area contributed by atoms with Crippen molar-refractivity contribution in [1.29, 1.82) is 0 Å². The number of anilines is 1. The minimum absolute atomic E-state index is 0.194. The molecule has 0 aliphatic carbocycles. The highest BCUT2D eigenvalue weighted by atomic mass is 16.8. The average molecular weight is 279 g/mol. The van der Waals surface area contributed by atoms with Gasteiger partial charge in [-0.25, -0.2) is 15.3 Å². The van der Waals surface area contributed by atoms with Crippen molar-refractivity contribution in [3.63, 3.8) is 0 Å². The first kappa shape index (κ1) is 14.7. The normalized spacial score (nSPS) is 18.9. The number of hydroxylamine groups is 1. The number of hydrogen-bond donors (Lipinski definition) is 2. The molecule has 6 heteroatoms. The Kier molecular flexibility index (Phi) is 5.31. The fourth-order valence-electron chi connectivity index (χ4n) is 1.96. The first-order valence-electron chi connectivity index (χ1n) is 6.96. The van der Waals surface area contributed by atoms with Gasteiger partial charge >= 0.3 is 0 Å². The third-order valence-corrected chi connectivity index (χ3v) is 2.90. The van der Waals surface area contributed by atoms with Crippen molar-refractivity contribution >= 4 is 11.7 Å². The first-order valence-corrected chi connectivity index (χ1v) is 6.96. The Morgan fingerprint density at radius 3 is 3.05 bits per heavy atom. The van der Waals surface area contributed by atoms with E-state index in [0.29, 0.717) is 18.0 Å². The van der Waals surface area contributed by atoms with Crippen LogP contribution in [0.15, 0.2) is 18.3 Å². The predicted octanol–water partition coefficient (Wildman–Crippen LogP) is 2.09. The van der Waals surface area contributed by atoms with Gasteiger partial charge < -0.3 is 10.1 Å². The van der Waals surface area contributed by atoms with Crippen LogP contribution in [0, 0.1) is 0 Å². The standard InChI is InChI=1S/C14H21N3O3/c1-10(2)16-13-11(6-5-8-15-13)14(18)17-20-12-7-3-4-9-19-12/h5-6,8,10,12H,3-4,7,9H2,1-2H3,(H,15,16)(H,17,18). The van der Waals surface area contributed by atoms with Gasteiger partial charge in [0.2, 0.25) is 0 Å². The SMILES string of the molecule is CC(C)Nc1ncccc1C(=O)NOC1CCCCO1. The number of nitrogens with one attached hydrogen (secondary N) is 2. The van der Waals surface area contributed by atoms with Crippen LogP contribution in [0.2, 0.25) is 0 Å². The number of ether oxygens (including phenoxy) is 1. The maximum absolute atomic E-state index is 12.1. The van der Waals surface area contributed by atoms with Gasteiger partial charge in [-0.3, -0.25) is 4.79 Å². The second kappa shape index (κ2) is 7.21. The molecule has 1 aliphatic rings. The van der Waals surface area contributed by atoms with E-state index in [9.17, 15) is 4.79 Å². The summed E-state index contributed by atoms with van der Waals surface area (Å²) < 4.78 is 5.39. The van der Waals surface area contributed by atoms with E-state index >= 15 is 0 Å². The fraction of sp³-hybridized carbons (Fsp3) is 0.571. The quantitative estimate of drug-likeness (QED) is 0.807. The highest BCUT2D eigenvalue weighted by molar-refractivity contribution is 5.98. The van der Waals surface area contributed by atoms with Gasteiger partial charge in [-0.2, -0.15) is 0 Å². The molecule has 20 heavy (non-hydrogen) atoms. The third kappa shape index (κ3) is 4.18. The summed E-state index contributed by atoms with van der Waals surface area (Å²) in [5.74, 6) is 0.226. The summed E-state index contributed by atoms with van der Waals surface area (Å²) in [5, 5.41) is 3.13. The number of hydrogen-bond acceptors (Lipinski definition) is 5. The number of amides is 1. The minimum atomic E-state index is -0.356. The molecule has 0 radical (unpaired) electrons. The summed E-state index contributed by atoms with van der Waals surface area (Å²) in [6.45, 7) is 4.65. The molecule has 1 fully saturated rings. The van der Waals surface area contributed by atoms with E-state index in [1.54, 1.807) is 18.3 Å². The van der Waals surface area contributed by atoms with Crippen molar-refractivity contribution in [3.8, 4) is 0 Å². The van der Waals surface area contributed by atoms with Crippen LogP contribution in [0.1, 0.15) is 43.5 Å². The zero-order valence-corrected chi connectivity index (χ0v) is 11.9. The Morgan fingerprint density at radius 2 is 2.35 bits per heavy atom. The van der Waals surface area contributed by atoms with E-state index in [1.807, 2.05) is 13.8 Å². The molecular weight excluding hydrogens is 258 g/mol. The van der Waals surface area contributed by atoms with E-state index < -0.39 is 0 Å². The Labute approximate surface area is 118 Å². The number of carbonyl (C=O) groups excluding carboxylic acids is 1. The first-order chi connectivity index (χ1) is 9.66. The molecule has 110 valence electrons. The van der Waals surface area contributed by atoms with Crippen molar-refractivity contribution in [2.45, 2.75) is 45.4 Å². The molecule has 1 aromatic rings. The van der Waals surface area contributed by atoms with Crippen LogP contribution in [0.25, 0.3) is 0 Å². The Morgan fingerprint density at radius 1 is 1.50 bits per heavy atom. The highest BCUT2D eigenvalue weighted by Gasteiger charge is 2.18. The van der Waals surface area contributed by atoms with Crippen LogP contribution in [-0.2, 0) is 9.57 Å². The summed E-state index contributed by atoms with van der Waals surface area (Å²) in [5.41, 5.74) is 2.89. The lowest BCUT2D eigenvalue weighted by Gasteiger charge is -2.22. The lowest BCUT2D eigenvalue weighted by Crippen LogP contribution is -2.33. The Balaban J connectivity index is 1.94. The zero-order valence-electron chi connectivity index (χ0n) is 11.9. The summed E-state index contributed by atoms with van der Waals surface area (Å²) >= 11 is 0. The monoisotopic (exact) mass is 279 g/mol. The average Bonchev–Trinajstić information content (AvgIpc) is 2.46. The molecule has 1 aliphatic heterocycles. The Bertz CT molecular complexity index is 445. The van der Waals surface area contributed by atoms with Crippen molar-refractivity contribution in [2.75, 3.05) is 11.9 Å². The molecule has 0 aromatic carbocycles. The van der Waals surface area contributed by atoms with Gasteiger partial charge in [0, 0.05) is 25.3 Å². The number of nitrogens with zero attached hydrogens (tertiary/aromatic N) is 1. The molecule has 6 nitrogen and oxygen atoms in total. The predicted molar refractivity (Wildman–Crippen MR) is 75.1 cm³/mol. The molecule has 2 rings (SSSR count). The molecule has 1 atom stereocenters. The molecule has 0 saturated carbocycles. The van der Waals surface area contributed by atoms with Crippen LogP contribution < -0.4 is 10.8 Å². The summed E-state index contributed by atoms with van der Waals surface area (Å²) in [4.78, 5) is 21.6. The maximum atomic E-state index is 12.1. The number of pyridine rings is 1. The van der Waals surface area contributed by atoms with Crippen molar-refractivity contribution in [1.82, 2.24) is 10.5 Å². The van der Waals surface area contributed by atoms with E-state index in [4.69, 9.17) is 9.57 Å². The van der Waals surface area contributed by atoms with E-state index in [0.717, 1.165) is 19.3 Å². The lowest BCUT2D eigenvalue weighted by molar-refractivity contribution is -0.186. The van der Waals surface area contributed by atoms with Gasteiger partial charge in [0.05, 0.1) is 5.56 Å². The Hall–Kier alpha value is -1.66. The van der Waals surface area contributed by atoms with Gasteiger partial charge in [-0.15, -0.1) is 0 Å². The maximum Gasteiger partial charge on any atom is 0.278 e. The molecule has 0 bridgehead atoms. The lowest BCUT2D eigenvalue weighted by atomic mass is 10.2. The second-order valence-electron chi connectivity index (χ2n) is 5.04. The van der Waals surface area contributed by atoms with Gasteiger partial charge in [-0.1, -0.05) is 0 Å². The van der Waals surface area contributed by atoms with Crippen LogP contribution >= 0.6 is 0 Å². The summed E-state index contributed by atoms with van der Waals surface area (Å²) in [6, 6.07) is 3.62. The van der Waals surface area contributed by atoms with Crippen molar-refractivity contribution in [2.24, 2.45) is 0 Å². The van der Waals surface area contributed by atoms with Crippen molar-refractivity contribution < 1.29 is 14.4 Å². The van der Waals surface area contributed by atoms with Crippen LogP contribution in [0.3, 0.4) is 0 Å². The summed E-state index contributed by atoms with van der Waals surface area (Å²) in [7, 11) is 0. The fourth-order valence-corrected chi connectivity index (χ4v) is 1.96. The van der Waals surface area contributed by atoms with E-state index in [2.05, 4.69) is 15.8 Å². The number of aromatic nitrogens is 1. The van der Waals surface area contributed by atoms with Crippen LogP contribution in [-0.4, -0.2) is 29.8 Å². The minimum Gasteiger partial charge on any atom is -0.367 e. The van der Waals surface area contributed by atoms with Crippen LogP contribution in [0.5, 0.6) is 0 Å². The van der Waals surface area contributed by atoms with Gasteiger partial charge in [-0.05, 0) is 38.8 Å². The molecule has 0 spiro atoms. The molecule has 1 saturated heterocycles. The molecule has 2 N–H and O–H groups in total. The molecule has 2 heterocycles. The molecular formula is C14H21N3O3. The molecule has 1 unspecified atom stereocenters. The zero-order chi connectivity index (χ0) is 14.4. The smallest absolute Gasteiger partial charge is 0.278 e. The van der Waals surface area contributed by atoms with Gasteiger partial charge in [0.25, 0.3) is 5.91 Å². The largest absolute Gasteiger partial charge is 0.367 e. The second-order valence-corrected chi connectivity index (χ2v) is 5.04. The van der Waals surface area contributed by atoms with Crippen molar-refractivity contribution in [3.05, 3.63) is 23.9 Å². The highest BCUT2D eigenvalue weighted by Crippen LogP contribution is 2.15. The van der Waals surface area contributed by atoms with E-state index in [-0.39, 0.29) is 18.2 Å². The van der Waals surface area contributed by atoms with E-state index in [1.165, 1.54) is 0 Å². The molecule has 1 aromatic heterocycles. The topological polar surface area (TPSA) is 72.5 Å². The van der Waals surface area contributed by atoms with Gasteiger partial charge in [0.15, 0.2) is 6.29 Å². The number of carbonyl (C=O) groups is 1. The third-order valence-electron chi connectivity index (χ3n) is 2.90. The van der Waals surface area contributed by atoms with Crippen LogP contribution in [0.4, 0.5) is 5.82 Å². The molecule has 1 amide bonds. The number of rotatable bonds is 5. The summed E-state index contributed by atoms with van der Waals surface area (Å²) in [6.07, 6.45) is 4.18. The van der Waals surface area contributed by atoms with Gasteiger partial charge in [0.1, 0.15) is 5.82 Å².